The highest BCUT2D eigenvalue weighted by molar-refractivity contribution is 5.94. The zero-order valence-electron chi connectivity index (χ0n) is 15.9. The first-order valence-corrected chi connectivity index (χ1v) is 9.44. The normalized spacial score (nSPS) is 16.5. The number of hydrogen-bond acceptors (Lipinski definition) is 4. The minimum Gasteiger partial charge on any atom is -0.328 e. The lowest BCUT2D eigenvalue weighted by Gasteiger charge is -2.21. The van der Waals surface area contributed by atoms with Crippen LogP contribution < -0.4 is 11.0 Å². The van der Waals surface area contributed by atoms with E-state index in [2.05, 4.69) is 33.8 Å². The smallest absolute Gasteiger partial charge is 0.328 e. The van der Waals surface area contributed by atoms with Crippen LogP contribution in [0.15, 0.2) is 23.0 Å². The second-order valence-electron chi connectivity index (χ2n) is 6.99. The Morgan fingerprint density at radius 3 is 2.89 bits per heavy atom. The second-order valence-corrected chi connectivity index (χ2v) is 6.99. The molecule has 1 aliphatic rings. The van der Waals surface area contributed by atoms with Gasteiger partial charge in [0.1, 0.15) is 11.6 Å². The van der Waals surface area contributed by atoms with Crippen LogP contribution in [-0.4, -0.2) is 29.8 Å². The summed E-state index contributed by atoms with van der Waals surface area (Å²) in [5.74, 6) is 1.49. The van der Waals surface area contributed by atoms with Crippen molar-refractivity contribution in [2.75, 3.05) is 5.32 Å². The van der Waals surface area contributed by atoms with E-state index >= 15 is 0 Å². The lowest BCUT2D eigenvalue weighted by atomic mass is 9.98. The van der Waals surface area contributed by atoms with Gasteiger partial charge in [-0.05, 0) is 31.5 Å². The molecule has 3 heterocycles. The monoisotopic (exact) mass is 368 g/mol. The summed E-state index contributed by atoms with van der Waals surface area (Å²) >= 11 is 0. The highest BCUT2D eigenvalue weighted by Gasteiger charge is 2.27. The van der Waals surface area contributed by atoms with E-state index < -0.39 is 0 Å². The van der Waals surface area contributed by atoms with Crippen molar-refractivity contribution in [3.8, 4) is 0 Å². The van der Waals surface area contributed by atoms with Gasteiger partial charge < -0.3 is 9.88 Å². The molecule has 4 rings (SSSR count). The number of aryl methyl sites for hydroxylation is 4. The molecular weight excluding hydrogens is 344 g/mol. The van der Waals surface area contributed by atoms with E-state index in [0.717, 1.165) is 41.3 Å². The molecule has 0 spiro atoms. The first-order valence-electron chi connectivity index (χ1n) is 9.44. The predicted octanol–water partition coefficient (Wildman–Crippen LogP) is 1.71. The Kier molecular flexibility index (Phi) is 4.33. The van der Waals surface area contributed by atoms with Gasteiger partial charge in [0.05, 0.1) is 17.0 Å². The third kappa shape index (κ3) is 2.94. The van der Waals surface area contributed by atoms with Crippen LogP contribution in [0.4, 0.5) is 5.69 Å². The van der Waals surface area contributed by atoms with Crippen molar-refractivity contribution < 1.29 is 4.79 Å². The number of imidazole rings is 1. The summed E-state index contributed by atoms with van der Waals surface area (Å²) in [6, 6.07) is 5.84. The molecule has 8 nitrogen and oxygen atoms in total. The van der Waals surface area contributed by atoms with Crippen LogP contribution in [0.3, 0.4) is 0 Å². The maximum atomic E-state index is 12.7. The summed E-state index contributed by atoms with van der Waals surface area (Å²) in [7, 11) is 1.64. The quantitative estimate of drug-likeness (QED) is 0.760. The van der Waals surface area contributed by atoms with Crippen LogP contribution >= 0.6 is 0 Å². The molecule has 1 amide bonds. The van der Waals surface area contributed by atoms with Crippen molar-refractivity contribution in [1.29, 1.82) is 0 Å². The lowest BCUT2D eigenvalue weighted by molar-refractivity contribution is -0.120. The Hall–Kier alpha value is -2.90. The Morgan fingerprint density at radius 1 is 1.33 bits per heavy atom. The number of benzene rings is 1. The standard InChI is InChI=1S/C19H24N6O2/c1-4-16-21-14-10-13(7-8-15(14)24(16)5-2)20-18(26)12-6-9-17-22-23(3)19(27)25(17)11-12/h7-8,10,12H,4-6,9,11H2,1-3H3,(H,20,26). The molecule has 0 saturated carbocycles. The molecule has 3 aromatic rings. The van der Waals surface area contributed by atoms with Gasteiger partial charge in [0.2, 0.25) is 5.91 Å². The van der Waals surface area contributed by atoms with Crippen molar-refractivity contribution in [3.05, 3.63) is 40.3 Å². The SMILES string of the molecule is CCc1nc2cc(NC(=O)C3CCc4nn(C)c(=O)n4C3)ccc2n1CC. The summed E-state index contributed by atoms with van der Waals surface area (Å²) in [4.78, 5) is 29.5. The summed E-state index contributed by atoms with van der Waals surface area (Å²) in [6.45, 7) is 5.44. The molecule has 0 radical (unpaired) electrons. The summed E-state index contributed by atoms with van der Waals surface area (Å²) in [5.41, 5.74) is 2.54. The van der Waals surface area contributed by atoms with Gasteiger partial charge >= 0.3 is 5.69 Å². The van der Waals surface area contributed by atoms with Gasteiger partial charge in [-0.15, -0.1) is 0 Å². The molecule has 0 aliphatic carbocycles. The zero-order valence-corrected chi connectivity index (χ0v) is 15.9. The fourth-order valence-corrected chi connectivity index (χ4v) is 3.88. The topological polar surface area (TPSA) is 86.7 Å². The molecule has 1 N–H and O–H groups in total. The maximum absolute atomic E-state index is 12.7. The third-order valence-corrected chi connectivity index (χ3v) is 5.30. The van der Waals surface area contributed by atoms with Crippen LogP contribution in [0.1, 0.15) is 31.9 Å². The molecule has 8 heteroatoms. The Morgan fingerprint density at radius 2 is 2.15 bits per heavy atom. The van der Waals surface area contributed by atoms with Gasteiger partial charge in [-0.1, -0.05) is 6.92 Å². The Bertz CT molecular complexity index is 1070. The molecule has 1 aliphatic heterocycles. The minimum absolute atomic E-state index is 0.0682. The molecule has 1 aromatic carbocycles. The van der Waals surface area contributed by atoms with Crippen molar-refractivity contribution in [2.45, 2.75) is 46.2 Å². The highest BCUT2D eigenvalue weighted by atomic mass is 16.2. The third-order valence-electron chi connectivity index (χ3n) is 5.30. The number of aromatic nitrogens is 5. The number of carbonyl (C=O) groups is 1. The predicted molar refractivity (Wildman–Crippen MR) is 103 cm³/mol. The molecule has 1 atom stereocenters. The van der Waals surface area contributed by atoms with Crippen LogP contribution in [0.2, 0.25) is 0 Å². The minimum atomic E-state index is -0.241. The molecule has 2 aromatic heterocycles. The van der Waals surface area contributed by atoms with E-state index in [4.69, 9.17) is 0 Å². The van der Waals surface area contributed by atoms with E-state index in [0.29, 0.717) is 19.4 Å². The summed E-state index contributed by atoms with van der Waals surface area (Å²) in [6.07, 6.45) is 2.19. The van der Waals surface area contributed by atoms with E-state index in [1.807, 2.05) is 18.2 Å². The van der Waals surface area contributed by atoms with Gasteiger partial charge in [-0.2, -0.15) is 5.10 Å². The van der Waals surface area contributed by atoms with Gasteiger partial charge in [-0.25, -0.2) is 14.5 Å². The average molecular weight is 368 g/mol. The number of carbonyl (C=O) groups excluding carboxylic acids is 1. The van der Waals surface area contributed by atoms with Gasteiger partial charge in [0.15, 0.2) is 0 Å². The first-order chi connectivity index (χ1) is 13.0. The highest BCUT2D eigenvalue weighted by Crippen LogP contribution is 2.23. The number of rotatable bonds is 4. The molecular formula is C19H24N6O2. The van der Waals surface area contributed by atoms with Gasteiger partial charge in [-0.3, -0.25) is 9.36 Å². The molecule has 0 saturated heterocycles. The number of hydrogen-bond donors (Lipinski definition) is 1. The Labute approximate surface area is 156 Å². The van der Waals surface area contributed by atoms with Crippen LogP contribution in [0.25, 0.3) is 11.0 Å². The Balaban J connectivity index is 1.54. The molecule has 27 heavy (non-hydrogen) atoms. The largest absolute Gasteiger partial charge is 0.345 e. The van der Waals surface area contributed by atoms with E-state index in [1.54, 1.807) is 11.6 Å². The van der Waals surface area contributed by atoms with Gasteiger partial charge in [0.25, 0.3) is 0 Å². The summed E-state index contributed by atoms with van der Waals surface area (Å²) in [5, 5.41) is 7.21. The number of nitrogens with one attached hydrogen (secondary N) is 1. The second kappa shape index (κ2) is 6.68. The maximum Gasteiger partial charge on any atom is 0.345 e. The number of nitrogens with zero attached hydrogens (tertiary/aromatic N) is 5. The first kappa shape index (κ1) is 17.5. The molecule has 0 fully saturated rings. The van der Waals surface area contributed by atoms with Gasteiger partial charge in [0, 0.05) is 38.7 Å². The molecule has 142 valence electrons. The van der Waals surface area contributed by atoms with E-state index in [-0.39, 0.29) is 17.5 Å². The average Bonchev–Trinajstić information content (AvgIpc) is 3.17. The molecule has 0 bridgehead atoms. The lowest BCUT2D eigenvalue weighted by Crippen LogP contribution is -2.35. The number of amides is 1. The van der Waals surface area contributed by atoms with Crippen LogP contribution in [-0.2, 0) is 37.8 Å². The van der Waals surface area contributed by atoms with E-state index in [9.17, 15) is 9.59 Å². The van der Waals surface area contributed by atoms with Crippen LogP contribution in [0, 0.1) is 5.92 Å². The van der Waals surface area contributed by atoms with Crippen molar-refractivity contribution in [3.63, 3.8) is 0 Å². The van der Waals surface area contributed by atoms with Crippen molar-refractivity contribution >= 4 is 22.6 Å². The fraction of sp³-hybridized carbons (Fsp3) is 0.474. The number of fused-ring (bicyclic) bond motifs is 2. The number of anilines is 1. The zero-order chi connectivity index (χ0) is 19.1. The van der Waals surface area contributed by atoms with E-state index in [1.165, 1.54) is 4.68 Å². The van der Waals surface area contributed by atoms with Crippen molar-refractivity contribution in [2.24, 2.45) is 13.0 Å². The fourth-order valence-electron chi connectivity index (χ4n) is 3.88. The summed E-state index contributed by atoms with van der Waals surface area (Å²) < 4.78 is 5.13. The molecule has 1 unspecified atom stereocenters. The van der Waals surface area contributed by atoms with Crippen molar-refractivity contribution in [1.82, 2.24) is 23.9 Å². The van der Waals surface area contributed by atoms with Crippen LogP contribution in [0.5, 0.6) is 0 Å².